The number of rotatable bonds is 5. The van der Waals surface area contributed by atoms with Crippen LogP contribution in [0.2, 0.25) is 0 Å². The van der Waals surface area contributed by atoms with Gasteiger partial charge in [0.2, 0.25) is 0 Å². The van der Waals surface area contributed by atoms with Crippen molar-refractivity contribution in [3.8, 4) is 0 Å². The van der Waals surface area contributed by atoms with Crippen molar-refractivity contribution in [2.45, 2.75) is 58.4 Å². The summed E-state index contributed by atoms with van der Waals surface area (Å²) >= 11 is 0. The maximum atomic E-state index is 13.8. The molecule has 0 saturated carbocycles. The summed E-state index contributed by atoms with van der Waals surface area (Å²) in [5.74, 6) is -4.39. The van der Waals surface area contributed by atoms with Crippen molar-refractivity contribution in [1.82, 2.24) is 4.90 Å². The highest BCUT2D eigenvalue weighted by Gasteiger charge is 2.36. The number of benzene rings is 1. The maximum absolute atomic E-state index is 13.8. The molecule has 0 heterocycles. The summed E-state index contributed by atoms with van der Waals surface area (Å²) in [6, 6.07) is 1.49. The average Bonchev–Trinajstić information content (AvgIpc) is 2.43. The minimum atomic E-state index is -4.89. The molecule has 0 aliphatic rings. The van der Waals surface area contributed by atoms with Crippen LogP contribution in [-0.2, 0) is 15.7 Å². The topological polar surface area (TPSA) is 66.8 Å². The number of carboxylic acid groups (broad SMARTS) is 1. The Kier molecular flexibility index (Phi) is 6.85. The van der Waals surface area contributed by atoms with Crippen LogP contribution in [0.15, 0.2) is 18.2 Å². The molecule has 0 spiro atoms. The monoisotopic (exact) mass is 393 g/mol. The molecule has 0 fully saturated rings. The first kappa shape index (κ1) is 22.7. The summed E-state index contributed by atoms with van der Waals surface area (Å²) in [5.41, 5.74) is -2.48. The molecule has 1 aromatic carbocycles. The number of carbonyl (C=O) groups excluding carboxylic acids is 1. The van der Waals surface area contributed by atoms with E-state index in [1.54, 1.807) is 34.6 Å². The minimum absolute atomic E-state index is 0.179. The number of hydrogen-bond acceptors (Lipinski definition) is 3. The number of hydrogen-bond donors (Lipinski definition) is 1. The molecule has 1 rings (SSSR count). The van der Waals surface area contributed by atoms with Crippen molar-refractivity contribution in [3.63, 3.8) is 0 Å². The summed E-state index contributed by atoms with van der Waals surface area (Å²) < 4.78 is 57.1. The second-order valence-electron chi connectivity index (χ2n) is 7.35. The zero-order valence-electron chi connectivity index (χ0n) is 15.7. The van der Waals surface area contributed by atoms with Crippen LogP contribution in [0.5, 0.6) is 0 Å². The summed E-state index contributed by atoms with van der Waals surface area (Å²) in [7, 11) is 0. The van der Waals surface area contributed by atoms with Gasteiger partial charge in [0.25, 0.3) is 0 Å². The highest BCUT2D eigenvalue weighted by atomic mass is 19.4. The van der Waals surface area contributed by atoms with Crippen LogP contribution < -0.4 is 0 Å². The van der Waals surface area contributed by atoms with E-state index in [1.165, 1.54) is 0 Å². The van der Waals surface area contributed by atoms with E-state index in [-0.39, 0.29) is 12.1 Å². The minimum Gasteiger partial charge on any atom is -0.481 e. The van der Waals surface area contributed by atoms with Crippen molar-refractivity contribution in [2.24, 2.45) is 0 Å². The third-order valence-corrected chi connectivity index (χ3v) is 3.63. The van der Waals surface area contributed by atoms with Gasteiger partial charge in [-0.2, -0.15) is 13.2 Å². The van der Waals surface area contributed by atoms with Crippen LogP contribution in [0.3, 0.4) is 0 Å². The molecule has 1 amide bonds. The predicted octanol–water partition coefficient (Wildman–Crippen LogP) is 4.66. The number of aliphatic carboxylic acids is 1. The lowest BCUT2D eigenvalue weighted by Crippen LogP contribution is -2.44. The van der Waals surface area contributed by atoms with Gasteiger partial charge in [-0.15, -0.1) is 0 Å². The summed E-state index contributed by atoms with van der Waals surface area (Å²) in [6.07, 6.45) is -5.65. The van der Waals surface area contributed by atoms with E-state index in [1.807, 2.05) is 0 Å². The van der Waals surface area contributed by atoms with Gasteiger partial charge in [-0.25, -0.2) is 9.18 Å². The molecular weight excluding hydrogens is 370 g/mol. The molecular formula is C18H23F4NO4. The third-order valence-electron chi connectivity index (χ3n) is 3.63. The van der Waals surface area contributed by atoms with Gasteiger partial charge in [0.05, 0.1) is 11.5 Å². The van der Waals surface area contributed by atoms with Crippen LogP contribution in [0.25, 0.3) is 0 Å². The van der Waals surface area contributed by atoms with Gasteiger partial charge in [0.1, 0.15) is 11.4 Å². The van der Waals surface area contributed by atoms with E-state index in [9.17, 15) is 32.3 Å². The van der Waals surface area contributed by atoms with E-state index in [4.69, 9.17) is 4.74 Å². The molecule has 1 N–H and O–H groups in total. The molecule has 1 aromatic rings. The predicted molar refractivity (Wildman–Crippen MR) is 89.9 cm³/mol. The fourth-order valence-electron chi connectivity index (χ4n) is 2.32. The van der Waals surface area contributed by atoms with E-state index in [2.05, 4.69) is 0 Å². The van der Waals surface area contributed by atoms with Gasteiger partial charge < -0.3 is 14.7 Å². The van der Waals surface area contributed by atoms with E-state index in [0.29, 0.717) is 12.1 Å². The lowest BCUT2D eigenvalue weighted by molar-refractivity contribution is -0.140. The van der Waals surface area contributed by atoms with Crippen LogP contribution in [0.4, 0.5) is 22.4 Å². The first-order valence-corrected chi connectivity index (χ1v) is 8.22. The Morgan fingerprint density at radius 1 is 1.19 bits per heavy atom. The third kappa shape index (κ3) is 6.41. The van der Waals surface area contributed by atoms with Crippen molar-refractivity contribution in [3.05, 3.63) is 35.1 Å². The fraction of sp³-hybridized carbons (Fsp3) is 0.556. The quantitative estimate of drug-likeness (QED) is 0.739. The highest BCUT2D eigenvalue weighted by Crippen LogP contribution is 2.33. The summed E-state index contributed by atoms with van der Waals surface area (Å²) in [6.45, 7) is 7.81. The maximum Gasteiger partial charge on any atom is 0.419 e. The zero-order chi connectivity index (χ0) is 21.2. The zero-order valence-corrected chi connectivity index (χ0v) is 15.7. The highest BCUT2D eigenvalue weighted by molar-refractivity contribution is 5.78. The second kappa shape index (κ2) is 8.14. The smallest absolute Gasteiger partial charge is 0.419 e. The Hall–Kier alpha value is -2.32. The van der Waals surface area contributed by atoms with Gasteiger partial charge in [0.15, 0.2) is 0 Å². The summed E-state index contributed by atoms with van der Waals surface area (Å²) in [4.78, 5) is 25.1. The summed E-state index contributed by atoms with van der Waals surface area (Å²) in [5, 5.41) is 9.47. The van der Waals surface area contributed by atoms with Gasteiger partial charge >= 0.3 is 18.2 Å². The average molecular weight is 393 g/mol. The number of carboxylic acids is 1. The molecule has 152 valence electrons. The molecule has 9 heteroatoms. The van der Waals surface area contributed by atoms with Gasteiger partial charge in [-0.1, -0.05) is 6.07 Å². The number of halogens is 4. The van der Waals surface area contributed by atoms with Gasteiger partial charge in [-0.3, -0.25) is 4.79 Å². The lowest BCUT2D eigenvalue weighted by atomic mass is 9.96. The molecule has 5 nitrogen and oxygen atoms in total. The Morgan fingerprint density at radius 3 is 2.11 bits per heavy atom. The molecule has 1 atom stereocenters. The fourth-order valence-corrected chi connectivity index (χ4v) is 2.32. The standard InChI is InChI=1S/C18H23F4NO4/c1-10(2)23(16(26)27-17(3,4)5)9-12(15(24)25)11-6-7-13(14(19)8-11)18(20,21)22/h6-8,10,12H,9H2,1-5H3,(H,24,25). The lowest BCUT2D eigenvalue weighted by Gasteiger charge is -2.32. The number of alkyl halides is 3. The Bertz CT molecular complexity index is 696. The normalized spacial score (nSPS) is 13.4. The first-order chi connectivity index (χ1) is 12.1. The molecule has 27 heavy (non-hydrogen) atoms. The van der Waals surface area contributed by atoms with Crippen molar-refractivity contribution >= 4 is 12.1 Å². The van der Waals surface area contributed by atoms with Crippen LogP contribution in [-0.4, -0.2) is 40.3 Å². The van der Waals surface area contributed by atoms with E-state index < -0.39 is 47.2 Å². The van der Waals surface area contributed by atoms with Crippen LogP contribution in [0.1, 0.15) is 51.7 Å². The van der Waals surface area contributed by atoms with Crippen molar-refractivity contribution in [1.29, 1.82) is 0 Å². The molecule has 0 saturated heterocycles. The molecule has 0 bridgehead atoms. The number of ether oxygens (including phenoxy) is 1. The van der Waals surface area contributed by atoms with Gasteiger partial charge in [-0.05, 0) is 52.3 Å². The van der Waals surface area contributed by atoms with E-state index >= 15 is 0 Å². The van der Waals surface area contributed by atoms with Crippen LogP contribution >= 0.6 is 0 Å². The molecule has 0 aliphatic carbocycles. The van der Waals surface area contributed by atoms with Crippen molar-refractivity contribution in [2.75, 3.05) is 6.54 Å². The van der Waals surface area contributed by atoms with Crippen LogP contribution in [0, 0.1) is 5.82 Å². The second-order valence-corrected chi connectivity index (χ2v) is 7.35. The Labute approximate surface area is 154 Å². The van der Waals surface area contributed by atoms with Crippen molar-refractivity contribution < 1.29 is 37.0 Å². The number of nitrogens with zero attached hydrogens (tertiary/aromatic N) is 1. The van der Waals surface area contributed by atoms with E-state index in [0.717, 1.165) is 11.0 Å². The molecule has 0 aromatic heterocycles. The first-order valence-electron chi connectivity index (χ1n) is 8.22. The Balaban J connectivity index is 3.19. The number of carbonyl (C=O) groups is 2. The molecule has 1 unspecified atom stereocenters. The Morgan fingerprint density at radius 2 is 1.74 bits per heavy atom. The molecule has 0 radical (unpaired) electrons. The largest absolute Gasteiger partial charge is 0.481 e. The van der Waals surface area contributed by atoms with Gasteiger partial charge in [0, 0.05) is 12.6 Å². The molecule has 0 aliphatic heterocycles. The SMILES string of the molecule is CC(C)N(CC(C(=O)O)c1ccc(C(F)(F)F)c(F)c1)C(=O)OC(C)(C)C. The number of amides is 1.